The van der Waals surface area contributed by atoms with Crippen molar-refractivity contribution >= 4 is 15.9 Å². The van der Waals surface area contributed by atoms with Crippen molar-refractivity contribution in [2.24, 2.45) is 5.92 Å². The first kappa shape index (κ1) is 13.8. The SMILES string of the molecule is OCC1CCN(Cc2coc(-c3ccc(Br)cc3)n2)C1. The Hall–Kier alpha value is -1.17. The predicted octanol–water partition coefficient (Wildman–Crippen LogP) is 2.92. The summed E-state index contributed by atoms with van der Waals surface area (Å²) in [5, 5.41) is 9.16. The van der Waals surface area contributed by atoms with E-state index >= 15 is 0 Å². The lowest BCUT2D eigenvalue weighted by Gasteiger charge is -2.12. The fourth-order valence-corrected chi connectivity index (χ4v) is 2.80. The molecule has 2 heterocycles. The van der Waals surface area contributed by atoms with Crippen molar-refractivity contribution in [3.63, 3.8) is 0 Å². The van der Waals surface area contributed by atoms with Crippen LogP contribution in [0.2, 0.25) is 0 Å². The van der Waals surface area contributed by atoms with E-state index in [1.165, 1.54) is 0 Å². The van der Waals surface area contributed by atoms with Crippen LogP contribution in [-0.2, 0) is 6.54 Å². The highest BCUT2D eigenvalue weighted by molar-refractivity contribution is 9.10. The van der Waals surface area contributed by atoms with Crippen LogP contribution in [-0.4, -0.2) is 34.7 Å². The van der Waals surface area contributed by atoms with Crippen molar-refractivity contribution in [3.05, 3.63) is 40.7 Å². The third-order valence-corrected chi connectivity index (χ3v) is 4.19. The number of hydrogen-bond donors (Lipinski definition) is 1. The summed E-state index contributed by atoms with van der Waals surface area (Å²) in [4.78, 5) is 6.85. The molecule has 1 aromatic carbocycles. The molecule has 1 aliphatic heterocycles. The number of oxazole rings is 1. The molecule has 5 heteroatoms. The van der Waals surface area contributed by atoms with E-state index in [9.17, 15) is 0 Å². The van der Waals surface area contributed by atoms with Crippen LogP contribution in [0.3, 0.4) is 0 Å². The summed E-state index contributed by atoms with van der Waals surface area (Å²) in [6, 6.07) is 7.92. The Balaban J connectivity index is 1.66. The molecule has 0 aliphatic carbocycles. The molecule has 1 aliphatic rings. The standard InChI is InChI=1S/C15H17BrN2O2/c16-13-3-1-12(2-4-13)15-17-14(10-20-15)8-18-6-5-11(7-18)9-19/h1-4,10-11,19H,5-9H2. The van der Waals surface area contributed by atoms with Crippen LogP contribution in [0, 0.1) is 5.92 Å². The molecule has 20 heavy (non-hydrogen) atoms. The van der Waals surface area contributed by atoms with Gasteiger partial charge in [0.25, 0.3) is 0 Å². The number of halogens is 1. The largest absolute Gasteiger partial charge is 0.444 e. The minimum Gasteiger partial charge on any atom is -0.444 e. The van der Waals surface area contributed by atoms with E-state index in [0.717, 1.165) is 41.8 Å². The third kappa shape index (κ3) is 3.11. The molecule has 0 radical (unpaired) electrons. The van der Waals surface area contributed by atoms with Crippen LogP contribution < -0.4 is 0 Å². The lowest BCUT2D eigenvalue weighted by atomic mass is 10.1. The van der Waals surface area contributed by atoms with Crippen LogP contribution in [0.5, 0.6) is 0 Å². The number of hydrogen-bond acceptors (Lipinski definition) is 4. The average molecular weight is 337 g/mol. The molecule has 1 atom stereocenters. The summed E-state index contributed by atoms with van der Waals surface area (Å²) < 4.78 is 6.59. The average Bonchev–Trinajstić information content (AvgIpc) is 3.09. The van der Waals surface area contributed by atoms with Crippen LogP contribution >= 0.6 is 15.9 Å². The lowest BCUT2D eigenvalue weighted by Crippen LogP contribution is -2.21. The van der Waals surface area contributed by atoms with Crippen molar-refractivity contribution in [2.75, 3.05) is 19.7 Å². The van der Waals surface area contributed by atoms with E-state index in [1.54, 1.807) is 6.26 Å². The van der Waals surface area contributed by atoms with E-state index in [2.05, 4.69) is 25.8 Å². The highest BCUT2D eigenvalue weighted by Crippen LogP contribution is 2.23. The van der Waals surface area contributed by atoms with Gasteiger partial charge in [-0.1, -0.05) is 15.9 Å². The molecule has 0 bridgehead atoms. The smallest absolute Gasteiger partial charge is 0.226 e. The molecule has 0 spiro atoms. The number of aliphatic hydroxyl groups is 1. The summed E-state index contributed by atoms with van der Waals surface area (Å²) in [5.41, 5.74) is 1.93. The molecule has 1 N–H and O–H groups in total. The number of rotatable bonds is 4. The third-order valence-electron chi connectivity index (χ3n) is 3.66. The van der Waals surface area contributed by atoms with E-state index < -0.39 is 0 Å². The molecular weight excluding hydrogens is 320 g/mol. The fraction of sp³-hybridized carbons (Fsp3) is 0.400. The number of aromatic nitrogens is 1. The van der Waals surface area contributed by atoms with Gasteiger partial charge in [-0.3, -0.25) is 4.90 Å². The zero-order chi connectivity index (χ0) is 13.9. The van der Waals surface area contributed by atoms with Gasteiger partial charge in [0, 0.05) is 29.7 Å². The predicted molar refractivity (Wildman–Crippen MR) is 80.1 cm³/mol. The van der Waals surface area contributed by atoms with Crippen LogP contribution in [0.4, 0.5) is 0 Å². The summed E-state index contributed by atoms with van der Waals surface area (Å²) >= 11 is 3.42. The van der Waals surface area contributed by atoms with E-state index in [1.807, 2.05) is 24.3 Å². The van der Waals surface area contributed by atoms with Gasteiger partial charge in [-0.25, -0.2) is 4.98 Å². The zero-order valence-corrected chi connectivity index (χ0v) is 12.7. The Bertz CT molecular complexity index is 568. The van der Waals surface area contributed by atoms with Crippen molar-refractivity contribution in [3.8, 4) is 11.5 Å². The number of benzene rings is 1. The number of aliphatic hydroxyl groups excluding tert-OH is 1. The fourth-order valence-electron chi connectivity index (χ4n) is 2.54. The van der Waals surface area contributed by atoms with Gasteiger partial charge in [0.1, 0.15) is 6.26 Å². The lowest BCUT2D eigenvalue weighted by molar-refractivity contribution is 0.219. The molecule has 0 amide bonds. The maximum Gasteiger partial charge on any atom is 0.226 e. The Morgan fingerprint density at radius 1 is 1.35 bits per heavy atom. The minimum atomic E-state index is 0.277. The van der Waals surface area contributed by atoms with Crippen molar-refractivity contribution < 1.29 is 9.52 Å². The highest BCUT2D eigenvalue weighted by Gasteiger charge is 2.22. The summed E-state index contributed by atoms with van der Waals surface area (Å²) in [6.45, 7) is 3.03. The van der Waals surface area contributed by atoms with Gasteiger partial charge < -0.3 is 9.52 Å². The molecule has 4 nitrogen and oxygen atoms in total. The maximum absolute atomic E-state index is 9.16. The van der Waals surface area contributed by atoms with Gasteiger partial charge in [0.15, 0.2) is 0 Å². The minimum absolute atomic E-state index is 0.277. The van der Waals surface area contributed by atoms with Gasteiger partial charge >= 0.3 is 0 Å². The van der Waals surface area contributed by atoms with E-state index in [-0.39, 0.29) is 6.61 Å². The molecule has 1 fully saturated rings. The summed E-state index contributed by atoms with van der Waals surface area (Å²) in [7, 11) is 0. The molecule has 106 valence electrons. The molecule has 1 unspecified atom stereocenters. The Kier molecular flexibility index (Phi) is 4.19. The van der Waals surface area contributed by atoms with Crippen molar-refractivity contribution in [1.82, 2.24) is 9.88 Å². The Morgan fingerprint density at radius 3 is 2.85 bits per heavy atom. The Morgan fingerprint density at radius 2 is 2.15 bits per heavy atom. The molecule has 3 rings (SSSR count). The maximum atomic E-state index is 9.16. The summed E-state index contributed by atoms with van der Waals surface area (Å²) in [5.74, 6) is 1.07. The van der Waals surface area contributed by atoms with Gasteiger partial charge in [-0.15, -0.1) is 0 Å². The first-order valence-corrected chi connectivity index (χ1v) is 7.57. The van der Waals surface area contributed by atoms with Gasteiger partial charge in [0.2, 0.25) is 5.89 Å². The molecule has 1 aromatic heterocycles. The van der Waals surface area contributed by atoms with Gasteiger partial charge in [0.05, 0.1) is 5.69 Å². The molecule has 0 saturated carbocycles. The summed E-state index contributed by atoms with van der Waals surface area (Å²) in [6.07, 6.45) is 2.79. The zero-order valence-electron chi connectivity index (χ0n) is 11.1. The Labute approximate surface area is 126 Å². The number of likely N-dealkylation sites (tertiary alicyclic amines) is 1. The van der Waals surface area contributed by atoms with Crippen LogP contribution in [0.1, 0.15) is 12.1 Å². The quantitative estimate of drug-likeness (QED) is 0.932. The normalized spacial score (nSPS) is 19.6. The number of nitrogens with zero attached hydrogens (tertiary/aromatic N) is 2. The second-order valence-corrected chi connectivity index (χ2v) is 6.14. The van der Waals surface area contributed by atoms with Crippen LogP contribution in [0.25, 0.3) is 11.5 Å². The van der Waals surface area contributed by atoms with Gasteiger partial charge in [-0.2, -0.15) is 0 Å². The molecule has 2 aromatic rings. The highest BCUT2D eigenvalue weighted by atomic mass is 79.9. The van der Waals surface area contributed by atoms with Crippen molar-refractivity contribution in [2.45, 2.75) is 13.0 Å². The topological polar surface area (TPSA) is 49.5 Å². The van der Waals surface area contributed by atoms with Crippen molar-refractivity contribution in [1.29, 1.82) is 0 Å². The first-order valence-electron chi connectivity index (χ1n) is 6.78. The second kappa shape index (κ2) is 6.08. The van der Waals surface area contributed by atoms with E-state index in [0.29, 0.717) is 11.8 Å². The monoisotopic (exact) mass is 336 g/mol. The van der Waals surface area contributed by atoms with Gasteiger partial charge in [-0.05, 0) is 43.1 Å². The molecular formula is C15H17BrN2O2. The second-order valence-electron chi connectivity index (χ2n) is 5.22. The first-order chi connectivity index (χ1) is 9.74. The van der Waals surface area contributed by atoms with E-state index in [4.69, 9.17) is 9.52 Å². The molecule has 1 saturated heterocycles. The van der Waals surface area contributed by atoms with Crippen LogP contribution in [0.15, 0.2) is 39.4 Å².